The van der Waals surface area contributed by atoms with Crippen LogP contribution in [0.4, 0.5) is 4.39 Å². The zero-order chi connectivity index (χ0) is 15.4. The minimum absolute atomic E-state index is 0.0439. The van der Waals surface area contributed by atoms with Crippen LogP contribution in [0.3, 0.4) is 0 Å². The molecule has 0 amide bonds. The summed E-state index contributed by atoms with van der Waals surface area (Å²) in [4.78, 5) is 0. The van der Waals surface area contributed by atoms with E-state index < -0.39 is 0 Å². The first-order chi connectivity index (χ1) is 10.0. The lowest BCUT2D eigenvalue weighted by Crippen LogP contribution is -2.18. The smallest absolute Gasteiger partial charge is 0.165 e. The van der Waals surface area contributed by atoms with E-state index in [9.17, 15) is 4.39 Å². The number of hydrogen-bond donors (Lipinski definition) is 1. The molecule has 21 heavy (non-hydrogen) atoms. The lowest BCUT2D eigenvalue weighted by Gasteiger charge is -2.14. The second-order valence-electron chi connectivity index (χ2n) is 5.29. The maximum absolute atomic E-state index is 14.0. The largest absolute Gasteiger partial charge is 0.484 e. The molecule has 2 rings (SSSR count). The van der Waals surface area contributed by atoms with Gasteiger partial charge in [-0.25, -0.2) is 4.39 Å². The molecule has 1 atom stereocenters. The Kier molecular flexibility index (Phi) is 4.96. The maximum atomic E-state index is 14.0. The molecule has 1 aromatic heterocycles. The molecule has 1 unspecified atom stereocenters. The van der Waals surface area contributed by atoms with Gasteiger partial charge >= 0.3 is 0 Å². The molecule has 0 radical (unpaired) electrons. The minimum atomic E-state index is -0.354. The van der Waals surface area contributed by atoms with Crippen molar-refractivity contribution in [2.75, 3.05) is 0 Å². The van der Waals surface area contributed by atoms with Crippen LogP contribution in [0.15, 0.2) is 24.3 Å². The lowest BCUT2D eigenvalue weighted by molar-refractivity contribution is 0.274. The third-order valence-electron chi connectivity index (χ3n) is 3.24. The number of benzene rings is 1. The molecular weight excluding hydrogens is 269 g/mol. The van der Waals surface area contributed by atoms with Gasteiger partial charge in [-0.15, -0.1) is 0 Å². The summed E-state index contributed by atoms with van der Waals surface area (Å²) in [5.74, 6) is -0.0660. The monoisotopic (exact) mass is 291 g/mol. The van der Waals surface area contributed by atoms with Gasteiger partial charge in [0.2, 0.25) is 0 Å². The van der Waals surface area contributed by atoms with Gasteiger partial charge < -0.3 is 10.5 Å². The van der Waals surface area contributed by atoms with E-state index in [0.717, 1.165) is 23.5 Å². The maximum Gasteiger partial charge on any atom is 0.165 e. The highest BCUT2D eigenvalue weighted by molar-refractivity contribution is 5.35. The summed E-state index contributed by atoms with van der Waals surface area (Å²) >= 11 is 0. The van der Waals surface area contributed by atoms with Crippen molar-refractivity contribution < 1.29 is 9.13 Å². The minimum Gasteiger partial charge on any atom is -0.484 e. The van der Waals surface area contributed by atoms with Gasteiger partial charge in [-0.2, -0.15) is 5.10 Å². The van der Waals surface area contributed by atoms with Gasteiger partial charge in [-0.1, -0.05) is 12.1 Å². The van der Waals surface area contributed by atoms with Gasteiger partial charge in [0, 0.05) is 12.6 Å². The van der Waals surface area contributed by atoms with E-state index in [0.29, 0.717) is 13.0 Å². The third kappa shape index (κ3) is 3.82. The number of aryl methyl sites for hydroxylation is 2. The van der Waals surface area contributed by atoms with E-state index in [1.165, 1.54) is 6.07 Å². The second-order valence-corrected chi connectivity index (χ2v) is 5.29. The van der Waals surface area contributed by atoms with Crippen LogP contribution in [-0.4, -0.2) is 15.8 Å². The molecule has 2 aromatic rings. The quantitative estimate of drug-likeness (QED) is 0.890. The van der Waals surface area contributed by atoms with Crippen LogP contribution in [0, 0.1) is 12.7 Å². The van der Waals surface area contributed by atoms with Gasteiger partial charge in [-0.05, 0) is 44.9 Å². The van der Waals surface area contributed by atoms with Crippen LogP contribution in [0.2, 0.25) is 0 Å². The van der Waals surface area contributed by atoms with Gasteiger partial charge in [0.15, 0.2) is 11.6 Å². The van der Waals surface area contributed by atoms with Crippen molar-refractivity contribution in [3.05, 3.63) is 47.0 Å². The predicted octanol–water partition coefficient (Wildman–Crippen LogP) is 2.82. The Bertz CT molecular complexity index is 608. The summed E-state index contributed by atoms with van der Waals surface area (Å²) in [5.41, 5.74) is 8.47. The summed E-state index contributed by atoms with van der Waals surface area (Å²) in [6.07, 6.45) is 0.583. The van der Waals surface area contributed by atoms with Crippen LogP contribution in [0.5, 0.6) is 5.75 Å². The molecule has 0 aliphatic heterocycles. The molecule has 0 fully saturated rings. The summed E-state index contributed by atoms with van der Waals surface area (Å²) in [5, 5.41) is 4.36. The van der Waals surface area contributed by atoms with E-state index in [2.05, 4.69) is 5.10 Å². The Balaban J connectivity index is 2.19. The standard InChI is InChI=1S/C16H22FN3O/c1-4-20-14(9-12(3)19-20)10-21-16-13(8-11(2)18)6-5-7-15(16)17/h5-7,9,11H,4,8,10,18H2,1-3H3. The number of halogens is 1. The normalized spacial score (nSPS) is 12.4. The van der Waals surface area contributed by atoms with Crippen molar-refractivity contribution >= 4 is 0 Å². The Morgan fingerprint density at radius 2 is 2.19 bits per heavy atom. The zero-order valence-corrected chi connectivity index (χ0v) is 12.8. The number of nitrogens with zero attached hydrogens (tertiary/aromatic N) is 2. The Morgan fingerprint density at radius 1 is 1.43 bits per heavy atom. The van der Waals surface area contributed by atoms with E-state index in [4.69, 9.17) is 10.5 Å². The summed E-state index contributed by atoms with van der Waals surface area (Å²) in [6.45, 7) is 6.89. The molecular formula is C16H22FN3O. The Hall–Kier alpha value is -1.88. The summed E-state index contributed by atoms with van der Waals surface area (Å²) < 4.78 is 21.6. The van der Waals surface area contributed by atoms with Crippen LogP contribution < -0.4 is 10.5 Å². The van der Waals surface area contributed by atoms with Gasteiger partial charge in [0.1, 0.15) is 6.61 Å². The average Bonchev–Trinajstić information content (AvgIpc) is 2.78. The Morgan fingerprint density at radius 3 is 2.86 bits per heavy atom. The highest BCUT2D eigenvalue weighted by Crippen LogP contribution is 2.25. The fourth-order valence-corrected chi connectivity index (χ4v) is 2.36. The zero-order valence-electron chi connectivity index (χ0n) is 12.8. The van der Waals surface area contributed by atoms with Crippen LogP contribution in [-0.2, 0) is 19.6 Å². The van der Waals surface area contributed by atoms with E-state index in [-0.39, 0.29) is 17.6 Å². The van der Waals surface area contributed by atoms with E-state index >= 15 is 0 Å². The van der Waals surface area contributed by atoms with Gasteiger partial charge in [0.05, 0.1) is 11.4 Å². The summed E-state index contributed by atoms with van der Waals surface area (Å²) in [6, 6.07) is 6.85. The molecule has 4 nitrogen and oxygen atoms in total. The highest BCUT2D eigenvalue weighted by Gasteiger charge is 2.13. The fourth-order valence-electron chi connectivity index (χ4n) is 2.36. The molecule has 0 bridgehead atoms. The third-order valence-corrected chi connectivity index (χ3v) is 3.24. The van der Waals surface area contributed by atoms with Crippen LogP contribution >= 0.6 is 0 Å². The van der Waals surface area contributed by atoms with Crippen LogP contribution in [0.25, 0.3) is 0 Å². The van der Waals surface area contributed by atoms with Crippen molar-refractivity contribution in [2.45, 2.75) is 46.4 Å². The number of aromatic nitrogens is 2. The molecule has 0 saturated carbocycles. The first kappa shape index (κ1) is 15.5. The molecule has 0 aliphatic rings. The summed E-state index contributed by atoms with van der Waals surface area (Å²) in [7, 11) is 0. The number of para-hydroxylation sites is 1. The lowest BCUT2D eigenvalue weighted by atomic mass is 10.1. The molecule has 0 saturated heterocycles. The molecule has 5 heteroatoms. The van der Waals surface area contributed by atoms with Crippen molar-refractivity contribution in [1.29, 1.82) is 0 Å². The van der Waals surface area contributed by atoms with Crippen molar-refractivity contribution in [3.63, 3.8) is 0 Å². The van der Waals surface area contributed by atoms with E-state index in [1.807, 2.05) is 37.6 Å². The molecule has 1 aromatic carbocycles. The van der Waals surface area contributed by atoms with Crippen molar-refractivity contribution in [1.82, 2.24) is 9.78 Å². The van der Waals surface area contributed by atoms with Crippen molar-refractivity contribution in [2.24, 2.45) is 5.73 Å². The SMILES string of the molecule is CCn1nc(C)cc1COc1c(F)cccc1CC(C)N. The number of hydrogen-bond acceptors (Lipinski definition) is 3. The van der Waals surface area contributed by atoms with Crippen molar-refractivity contribution in [3.8, 4) is 5.75 Å². The number of rotatable bonds is 6. The fraction of sp³-hybridized carbons (Fsp3) is 0.438. The van der Waals surface area contributed by atoms with Gasteiger partial charge in [0.25, 0.3) is 0 Å². The highest BCUT2D eigenvalue weighted by atomic mass is 19.1. The first-order valence-electron chi connectivity index (χ1n) is 7.20. The van der Waals surface area contributed by atoms with E-state index in [1.54, 1.807) is 6.07 Å². The second kappa shape index (κ2) is 6.72. The van der Waals surface area contributed by atoms with Gasteiger partial charge in [-0.3, -0.25) is 4.68 Å². The van der Waals surface area contributed by atoms with Crippen LogP contribution in [0.1, 0.15) is 30.8 Å². The Labute approximate surface area is 124 Å². The molecule has 114 valence electrons. The molecule has 1 heterocycles. The molecule has 0 aliphatic carbocycles. The average molecular weight is 291 g/mol. The molecule has 2 N–H and O–H groups in total. The number of nitrogens with two attached hydrogens (primary N) is 1. The topological polar surface area (TPSA) is 53.1 Å². The molecule has 0 spiro atoms. The number of ether oxygens (including phenoxy) is 1. The predicted molar refractivity (Wildman–Crippen MR) is 80.7 cm³/mol. The first-order valence-corrected chi connectivity index (χ1v) is 7.20.